The molecule has 7 heteroatoms. The molecule has 2 aromatic carbocycles. The van der Waals surface area contributed by atoms with Gasteiger partial charge in [-0.3, -0.25) is 4.79 Å². The minimum Gasteiger partial charge on any atom is -0.491 e. The molecule has 2 rings (SSSR count). The van der Waals surface area contributed by atoms with Crippen LogP contribution in [0.25, 0.3) is 6.08 Å². The van der Waals surface area contributed by atoms with E-state index < -0.39 is 10.0 Å². The van der Waals surface area contributed by atoms with Crippen LogP contribution in [-0.2, 0) is 21.4 Å². The van der Waals surface area contributed by atoms with Gasteiger partial charge in [-0.15, -0.1) is 0 Å². The number of carbonyl (C=O) groups excluding carboxylic acids is 1. The fourth-order valence-electron chi connectivity index (χ4n) is 2.41. The largest absolute Gasteiger partial charge is 0.491 e. The zero-order valence-corrected chi connectivity index (χ0v) is 17.1. The number of amides is 1. The molecule has 0 radical (unpaired) electrons. The molecule has 0 bridgehead atoms. The maximum Gasteiger partial charge on any atom is 0.244 e. The quantitative estimate of drug-likeness (QED) is 0.631. The molecule has 150 valence electrons. The monoisotopic (exact) mass is 402 g/mol. The number of rotatable bonds is 9. The predicted octanol–water partition coefficient (Wildman–Crippen LogP) is 3.10. The summed E-state index contributed by atoms with van der Waals surface area (Å²) in [7, 11) is -3.47. The van der Waals surface area contributed by atoms with Crippen LogP contribution in [0.3, 0.4) is 0 Å². The highest BCUT2D eigenvalue weighted by molar-refractivity contribution is 7.89. The Balaban J connectivity index is 1.88. The second-order valence-corrected chi connectivity index (χ2v) is 8.20. The first kappa shape index (κ1) is 21.7. The highest BCUT2D eigenvalue weighted by Crippen LogP contribution is 2.14. The SMILES string of the molecule is CCNS(=O)(=O)c1ccc(/C=C/C(=O)NCc2ccc(OC(C)C)cc2)cc1. The Bertz CT molecular complexity index is 902. The zero-order chi connectivity index (χ0) is 20.6. The van der Waals surface area contributed by atoms with Gasteiger partial charge >= 0.3 is 0 Å². The van der Waals surface area contributed by atoms with Crippen LogP contribution < -0.4 is 14.8 Å². The second kappa shape index (κ2) is 10.1. The van der Waals surface area contributed by atoms with Crippen molar-refractivity contribution < 1.29 is 17.9 Å². The maximum atomic E-state index is 12.0. The van der Waals surface area contributed by atoms with Crippen molar-refractivity contribution in [1.29, 1.82) is 0 Å². The van der Waals surface area contributed by atoms with Gasteiger partial charge in [0.25, 0.3) is 0 Å². The number of hydrogen-bond acceptors (Lipinski definition) is 4. The van der Waals surface area contributed by atoms with Gasteiger partial charge in [0.15, 0.2) is 0 Å². The van der Waals surface area contributed by atoms with Gasteiger partial charge in [0.05, 0.1) is 11.0 Å². The molecule has 0 aliphatic heterocycles. The van der Waals surface area contributed by atoms with Crippen LogP contribution in [0.1, 0.15) is 31.9 Å². The lowest BCUT2D eigenvalue weighted by molar-refractivity contribution is -0.116. The second-order valence-electron chi connectivity index (χ2n) is 6.43. The molecule has 0 fully saturated rings. The van der Waals surface area contributed by atoms with Crippen LogP contribution in [0.2, 0.25) is 0 Å². The van der Waals surface area contributed by atoms with E-state index in [9.17, 15) is 13.2 Å². The molecule has 2 N–H and O–H groups in total. The molecular weight excluding hydrogens is 376 g/mol. The van der Waals surface area contributed by atoms with Crippen molar-refractivity contribution in [2.45, 2.75) is 38.3 Å². The molecule has 0 saturated heterocycles. The summed E-state index contributed by atoms with van der Waals surface area (Å²) < 4.78 is 31.8. The average Bonchev–Trinajstić information content (AvgIpc) is 2.65. The lowest BCUT2D eigenvalue weighted by atomic mass is 10.2. The molecule has 0 heterocycles. The molecule has 1 amide bonds. The predicted molar refractivity (Wildman–Crippen MR) is 110 cm³/mol. The topological polar surface area (TPSA) is 84.5 Å². The van der Waals surface area contributed by atoms with Gasteiger partial charge in [0.1, 0.15) is 5.75 Å². The van der Waals surface area contributed by atoms with Crippen LogP contribution in [0, 0.1) is 0 Å². The van der Waals surface area contributed by atoms with E-state index in [0.29, 0.717) is 13.1 Å². The molecule has 0 aliphatic carbocycles. The zero-order valence-electron chi connectivity index (χ0n) is 16.3. The summed E-state index contributed by atoms with van der Waals surface area (Å²) in [5.74, 6) is 0.566. The van der Waals surface area contributed by atoms with Gasteiger partial charge in [0, 0.05) is 19.2 Å². The number of sulfonamides is 1. The van der Waals surface area contributed by atoms with Crippen LogP contribution in [0.4, 0.5) is 0 Å². The molecule has 0 atom stereocenters. The third kappa shape index (κ3) is 6.83. The van der Waals surface area contributed by atoms with E-state index >= 15 is 0 Å². The molecule has 28 heavy (non-hydrogen) atoms. The Labute approximate surface area is 166 Å². The number of benzene rings is 2. The summed E-state index contributed by atoms with van der Waals surface area (Å²) in [5.41, 5.74) is 1.71. The number of hydrogen-bond donors (Lipinski definition) is 2. The van der Waals surface area contributed by atoms with Gasteiger partial charge in [-0.05, 0) is 55.3 Å². The van der Waals surface area contributed by atoms with Crippen LogP contribution >= 0.6 is 0 Å². The normalized spacial score (nSPS) is 11.7. The van der Waals surface area contributed by atoms with Crippen molar-refractivity contribution in [2.75, 3.05) is 6.54 Å². The molecule has 0 spiro atoms. The van der Waals surface area contributed by atoms with Gasteiger partial charge in [0.2, 0.25) is 15.9 Å². The van der Waals surface area contributed by atoms with E-state index in [0.717, 1.165) is 16.9 Å². The first-order valence-electron chi connectivity index (χ1n) is 9.11. The van der Waals surface area contributed by atoms with Crippen molar-refractivity contribution in [3.8, 4) is 5.75 Å². The summed E-state index contributed by atoms with van der Waals surface area (Å²) in [5, 5.41) is 2.81. The minimum atomic E-state index is -3.47. The Hall–Kier alpha value is -2.64. The van der Waals surface area contributed by atoms with Crippen LogP contribution in [0.5, 0.6) is 5.75 Å². The van der Waals surface area contributed by atoms with E-state index in [1.54, 1.807) is 25.1 Å². The summed E-state index contributed by atoms with van der Waals surface area (Å²) in [4.78, 5) is 12.2. The number of carbonyl (C=O) groups is 1. The summed E-state index contributed by atoms with van der Waals surface area (Å²) in [6.45, 7) is 6.40. The van der Waals surface area contributed by atoms with E-state index in [1.807, 2.05) is 38.1 Å². The van der Waals surface area contributed by atoms with Crippen molar-refractivity contribution >= 4 is 22.0 Å². The van der Waals surface area contributed by atoms with E-state index in [4.69, 9.17) is 4.74 Å². The maximum absolute atomic E-state index is 12.0. The van der Waals surface area contributed by atoms with Crippen molar-refractivity contribution in [2.24, 2.45) is 0 Å². The molecule has 0 aromatic heterocycles. The smallest absolute Gasteiger partial charge is 0.244 e. The van der Waals surface area contributed by atoms with E-state index in [2.05, 4.69) is 10.0 Å². The molecule has 2 aromatic rings. The molecule has 6 nitrogen and oxygen atoms in total. The van der Waals surface area contributed by atoms with Crippen molar-refractivity contribution in [1.82, 2.24) is 10.0 Å². The standard InChI is InChI=1S/C21H26N2O4S/c1-4-23-28(25,26)20-12-7-17(8-13-20)9-14-21(24)22-15-18-5-10-19(11-6-18)27-16(2)3/h5-14,16,23H,4,15H2,1-3H3,(H,22,24)/b14-9+. The lowest BCUT2D eigenvalue weighted by Gasteiger charge is -2.10. The van der Waals surface area contributed by atoms with Crippen molar-refractivity contribution in [3.05, 3.63) is 65.7 Å². The van der Waals surface area contributed by atoms with Crippen LogP contribution in [0.15, 0.2) is 59.5 Å². The Morgan fingerprint density at radius 2 is 1.71 bits per heavy atom. The minimum absolute atomic E-state index is 0.118. The lowest BCUT2D eigenvalue weighted by Crippen LogP contribution is -2.23. The fourth-order valence-corrected chi connectivity index (χ4v) is 3.45. The molecule has 0 saturated carbocycles. The first-order chi connectivity index (χ1) is 13.3. The van der Waals surface area contributed by atoms with Gasteiger partial charge < -0.3 is 10.1 Å². The first-order valence-corrected chi connectivity index (χ1v) is 10.6. The fraction of sp³-hybridized carbons (Fsp3) is 0.286. The number of nitrogens with one attached hydrogen (secondary N) is 2. The molecule has 0 aliphatic rings. The highest BCUT2D eigenvalue weighted by Gasteiger charge is 2.11. The molecular formula is C21H26N2O4S. The number of ether oxygens (including phenoxy) is 1. The van der Waals surface area contributed by atoms with E-state index in [-0.39, 0.29) is 16.9 Å². The highest BCUT2D eigenvalue weighted by atomic mass is 32.2. The van der Waals surface area contributed by atoms with Crippen molar-refractivity contribution in [3.63, 3.8) is 0 Å². The Morgan fingerprint density at radius 3 is 2.29 bits per heavy atom. The Morgan fingerprint density at radius 1 is 1.07 bits per heavy atom. The Kier molecular flexibility index (Phi) is 7.78. The van der Waals surface area contributed by atoms with E-state index in [1.165, 1.54) is 18.2 Å². The summed E-state index contributed by atoms with van der Waals surface area (Å²) in [6.07, 6.45) is 3.18. The van der Waals surface area contributed by atoms with Gasteiger partial charge in [-0.1, -0.05) is 31.2 Å². The van der Waals surface area contributed by atoms with Crippen LogP contribution in [-0.4, -0.2) is 27.0 Å². The summed E-state index contributed by atoms with van der Waals surface area (Å²) in [6, 6.07) is 13.9. The third-order valence-corrected chi connectivity index (χ3v) is 5.28. The molecule has 0 unspecified atom stereocenters. The average molecular weight is 403 g/mol. The van der Waals surface area contributed by atoms with Gasteiger partial charge in [-0.25, -0.2) is 13.1 Å². The van der Waals surface area contributed by atoms with Gasteiger partial charge in [-0.2, -0.15) is 0 Å². The summed E-state index contributed by atoms with van der Waals surface area (Å²) >= 11 is 0. The third-order valence-electron chi connectivity index (χ3n) is 3.71.